The van der Waals surface area contributed by atoms with Crippen molar-refractivity contribution in [2.24, 2.45) is 0 Å². The normalized spacial score (nSPS) is 10.3. The van der Waals surface area contributed by atoms with Gasteiger partial charge in [0.2, 0.25) is 0 Å². The molecule has 88 valence electrons. The first-order valence-electron chi connectivity index (χ1n) is 5.54. The van der Waals surface area contributed by atoms with Gasteiger partial charge in [0.15, 0.2) is 0 Å². The second-order valence-electron chi connectivity index (χ2n) is 4.13. The number of rotatable bonds is 3. The molecule has 17 heavy (non-hydrogen) atoms. The molecule has 0 atom stereocenters. The second-order valence-corrected chi connectivity index (χ2v) is 4.99. The van der Waals surface area contributed by atoms with Crippen molar-refractivity contribution in [1.29, 1.82) is 0 Å². The lowest BCUT2D eigenvalue weighted by atomic mass is 10.2. The maximum absolute atomic E-state index is 4.41. The van der Waals surface area contributed by atoms with Gasteiger partial charge in [0.05, 0.1) is 0 Å². The summed E-state index contributed by atoms with van der Waals surface area (Å²) in [6.45, 7) is 2.94. The molecule has 0 radical (unpaired) electrons. The molecule has 0 saturated carbocycles. The maximum Gasteiger partial charge on any atom is 0.128 e. The highest BCUT2D eigenvalue weighted by molar-refractivity contribution is 9.10. The van der Waals surface area contributed by atoms with E-state index < -0.39 is 0 Å². The summed E-state index contributed by atoms with van der Waals surface area (Å²) in [7, 11) is 2.06. The van der Waals surface area contributed by atoms with Gasteiger partial charge in [-0.2, -0.15) is 0 Å². The van der Waals surface area contributed by atoms with Crippen LogP contribution in [0, 0.1) is 6.92 Å². The first kappa shape index (κ1) is 12.1. The number of halogens is 1. The third-order valence-electron chi connectivity index (χ3n) is 2.69. The molecule has 0 bridgehead atoms. The Morgan fingerprint density at radius 3 is 2.59 bits per heavy atom. The fourth-order valence-corrected chi connectivity index (χ4v) is 1.89. The van der Waals surface area contributed by atoms with Crippen LogP contribution in [0.1, 0.15) is 11.1 Å². The van der Waals surface area contributed by atoms with E-state index in [2.05, 4.69) is 70.1 Å². The molecule has 0 saturated heterocycles. The smallest absolute Gasteiger partial charge is 0.128 e. The largest absolute Gasteiger partial charge is 0.355 e. The van der Waals surface area contributed by atoms with Crippen LogP contribution in [-0.2, 0) is 6.54 Å². The predicted octanol–water partition coefficient (Wildman–Crippen LogP) is 3.79. The van der Waals surface area contributed by atoms with Gasteiger partial charge in [0, 0.05) is 24.3 Å². The van der Waals surface area contributed by atoms with Crippen LogP contribution >= 0.6 is 15.9 Å². The van der Waals surface area contributed by atoms with Gasteiger partial charge in [0.25, 0.3) is 0 Å². The fraction of sp³-hybridized carbons (Fsp3) is 0.214. The summed E-state index contributed by atoms with van der Waals surface area (Å²) in [4.78, 5) is 6.56. The summed E-state index contributed by atoms with van der Waals surface area (Å²) in [6.07, 6.45) is 1.85. The molecule has 1 aromatic carbocycles. The van der Waals surface area contributed by atoms with Crippen LogP contribution in [0.15, 0.2) is 47.1 Å². The van der Waals surface area contributed by atoms with E-state index in [0.717, 1.165) is 16.8 Å². The Balaban J connectivity index is 2.14. The third kappa shape index (κ3) is 3.07. The maximum atomic E-state index is 4.41. The molecule has 3 heteroatoms. The summed E-state index contributed by atoms with van der Waals surface area (Å²) in [5.74, 6) is 0.995. The molecule has 0 aliphatic rings. The van der Waals surface area contributed by atoms with E-state index in [9.17, 15) is 0 Å². The van der Waals surface area contributed by atoms with Gasteiger partial charge in [-0.25, -0.2) is 4.98 Å². The summed E-state index contributed by atoms with van der Waals surface area (Å²) < 4.78 is 1.05. The van der Waals surface area contributed by atoms with Crippen molar-refractivity contribution in [2.45, 2.75) is 13.5 Å². The van der Waals surface area contributed by atoms with Gasteiger partial charge in [0.1, 0.15) is 5.82 Å². The van der Waals surface area contributed by atoms with E-state index in [0.29, 0.717) is 0 Å². The number of aryl methyl sites for hydroxylation is 1. The van der Waals surface area contributed by atoms with Crippen LogP contribution in [0.25, 0.3) is 0 Å². The molecular formula is C14H15BrN2. The fourth-order valence-electron chi connectivity index (χ4n) is 1.67. The van der Waals surface area contributed by atoms with Crippen LogP contribution < -0.4 is 4.90 Å². The minimum atomic E-state index is 0.870. The van der Waals surface area contributed by atoms with Gasteiger partial charge < -0.3 is 4.90 Å². The van der Waals surface area contributed by atoms with Crippen LogP contribution in [0.5, 0.6) is 0 Å². The number of benzene rings is 1. The summed E-state index contributed by atoms with van der Waals surface area (Å²) in [6, 6.07) is 12.5. The van der Waals surface area contributed by atoms with Crippen molar-refractivity contribution in [3.05, 3.63) is 58.2 Å². The molecule has 2 nitrogen and oxygen atoms in total. The zero-order valence-corrected chi connectivity index (χ0v) is 11.6. The van der Waals surface area contributed by atoms with Crippen molar-refractivity contribution < 1.29 is 0 Å². The molecule has 2 rings (SSSR count). The summed E-state index contributed by atoms with van der Waals surface area (Å²) >= 11 is 3.46. The summed E-state index contributed by atoms with van der Waals surface area (Å²) in [5.41, 5.74) is 2.49. The topological polar surface area (TPSA) is 16.1 Å². The number of aromatic nitrogens is 1. The minimum Gasteiger partial charge on any atom is -0.355 e. The lowest BCUT2D eigenvalue weighted by Gasteiger charge is -2.18. The van der Waals surface area contributed by atoms with Crippen molar-refractivity contribution in [2.75, 3.05) is 11.9 Å². The first-order chi connectivity index (χ1) is 8.16. The third-order valence-corrected chi connectivity index (χ3v) is 3.52. The minimum absolute atomic E-state index is 0.870. The SMILES string of the molecule is Cc1cc(N(C)Cc2ccccc2)ncc1Br. The Morgan fingerprint density at radius 2 is 1.94 bits per heavy atom. The predicted molar refractivity (Wildman–Crippen MR) is 75.2 cm³/mol. The zero-order chi connectivity index (χ0) is 12.3. The average Bonchev–Trinajstić information content (AvgIpc) is 2.34. The molecule has 0 spiro atoms. The Bertz CT molecular complexity index is 497. The van der Waals surface area contributed by atoms with E-state index in [1.807, 2.05) is 12.3 Å². The number of hydrogen-bond acceptors (Lipinski definition) is 2. The van der Waals surface area contributed by atoms with Crippen LogP contribution in [-0.4, -0.2) is 12.0 Å². The molecule has 0 fully saturated rings. The molecule has 0 aliphatic carbocycles. The lowest BCUT2D eigenvalue weighted by molar-refractivity contribution is 0.895. The lowest BCUT2D eigenvalue weighted by Crippen LogP contribution is -2.17. The van der Waals surface area contributed by atoms with Crippen LogP contribution in [0.3, 0.4) is 0 Å². The van der Waals surface area contributed by atoms with Gasteiger partial charge in [-0.15, -0.1) is 0 Å². The highest BCUT2D eigenvalue weighted by Crippen LogP contribution is 2.20. The monoisotopic (exact) mass is 290 g/mol. The Morgan fingerprint density at radius 1 is 1.24 bits per heavy atom. The van der Waals surface area contributed by atoms with Gasteiger partial charge in [-0.3, -0.25) is 0 Å². The van der Waals surface area contributed by atoms with Crippen molar-refractivity contribution in [3.63, 3.8) is 0 Å². The molecule has 0 unspecified atom stereocenters. The Hall–Kier alpha value is -1.35. The van der Waals surface area contributed by atoms with Crippen molar-refractivity contribution in [3.8, 4) is 0 Å². The van der Waals surface area contributed by atoms with E-state index in [4.69, 9.17) is 0 Å². The Kier molecular flexibility index (Phi) is 3.79. The number of nitrogens with zero attached hydrogens (tertiary/aromatic N) is 2. The van der Waals surface area contributed by atoms with Crippen molar-refractivity contribution >= 4 is 21.7 Å². The number of hydrogen-bond donors (Lipinski definition) is 0. The number of pyridine rings is 1. The zero-order valence-electron chi connectivity index (χ0n) is 10.0. The standard InChI is InChI=1S/C14H15BrN2/c1-11-8-14(16-9-13(11)15)17(2)10-12-6-4-3-5-7-12/h3-9H,10H2,1-2H3. The average molecular weight is 291 g/mol. The Labute approximate surface area is 110 Å². The molecule has 1 heterocycles. The van der Waals surface area contributed by atoms with Gasteiger partial charge in [-0.1, -0.05) is 30.3 Å². The molecule has 2 aromatic rings. The highest BCUT2D eigenvalue weighted by atomic mass is 79.9. The summed E-state index contributed by atoms with van der Waals surface area (Å²) in [5, 5.41) is 0. The van der Waals surface area contributed by atoms with E-state index in [1.54, 1.807) is 0 Å². The van der Waals surface area contributed by atoms with Crippen molar-refractivity contribution in [1.82, 2.24) is 4.98 Å². The highest BCUT2D eigenvalue weighted by Gasteiger charge is 2.05. The van der Waals surface area contributed by atoms with Gasteiger partial charge in [-0.05, 0) is 40.0 Å². The van der Waals surface area contributed by atoms with Crippen LogP contribution in [0.2, 0.25) is 0 Å². The molecule has 0 N–H and O–H groups in total. The molecule has 0 aliphatic heterocycles. The molecular weight excluding hydrogens is 276 g/mol. The van der Waals surface area contributed by atoms with E-state index >= 15 is 0 Å². The molecule has 1 aromatic heterocycles. The van der Waals surface area contributed by atoms with Crippen LogP contribution in [0.4, 0.5) is 5.82 Å². The number of anilines is 1. The van der Waals surface area contributed by atoms with E-state index in [1.165, 1.54) is 11.1 Å². The quantitative estimate of drug-likeness (QED) is 0.855. The van der Waals surface area contributed by atoms with E-state index in [-0.39, 0.29) is 0 Å². The second kappa shape index (κ2) is 5.32. The molecule has 0 amide bonds. The first-order valence-corrected chi connectivity index (χ1v) is 6.33. The van der Waals surface area contributed by atoms with Gasteiger partial charge >= 0.3 is 0 Å².